The van der Waals surface area contributed by atoms with Gasteiger partial charge in [-0.25, -0.2) is 4.98 Å². The standard InChI is InChI=1S/C20H18ClN3O2S/c1-13-17(11-14-7-9-15(21)10-8-14)19(26)24-20(22-13)27-12-18(25)23-16-5-3-2-4-6-16/h2-10H,11-12H2,1H3,(H,23,25)(H,22,24,26). The molecule has 0 bridgehead atoms. The van der Waals surface area contributed by atoms with Crippen molar-refractivity contribution >= 4 is 35.0 Å². The molecule has 5 nitrogen and oxygen atoms in total. The molecule has 0 aliphatic carbocycles. The van der Waals surface area contributed by atoms with Crippen molar-refractivity contribution in [2.75, 3.05) is 11.1 Å². The monoisotopic (exact) mass is 399 g/mol. The lowest BCUT2D eigenvalue weighted by Gasteiger charge is -2.08. The molecule has 2 N–H and O–H groups in total. The predicted molar refractivity (Wildman–Crippen MR) is 110 cm³/mol. The Morgan fingerprint density at radius 3 is 2.52 bits per heavy atom. The van der Waals surface area contributed by atoms with E-state index in [-0.39, 0.29) is 17.2 Å². The Morgan fingerprint density at radius 2 is 1.85 bits per heavy atom. The minimum Gasteiger partial charge on any atom is -0.325 e. The molecule has 0 spiro atoms. The topological polar surface area (TPSA) is 74.8 Å². The van der Waals surface area contributed by atoms with Gasteiger partial charge in [-0.3, -0.25) is 9.59 Å². The van der Waals surface area contributed by atoms with Gasteiger partial charge >= 0.3 is 0 Å². The van der Waals surface area contributed by atoms with Gasteiger partial charge in [0.05, 0.1) is 5.75 Å². The van der Waals surface area contributed by atoms with E-state index in [1.54, 1.807) is 19.1 Å². The Balaban J connectivity index is 1.64. The molecule has 2 aromatic carbocycles. The number of rotatable bonds is 6. The number of hydrogen-bond acceptors (Lipinski definition) is 4. The first-order chi connectivity index (χ1) is 13.0. The van der Waals surface area contributed by atoms with Crippen LogP contribution in [0.4, 0.5) is 5.69 Å². The van der Waals surface area contributed by atoms with Crippen LogP contribution >= 0.6 is 23.4 Å². The molecular formula is C20H18ClN3O2S. The van der Waals surface area contributed by atoms with Gasteiger partial charge in [0.1, 0.15) is 0 Å². The molecule has 3 rings (SSSR count). The smallest absolute Gasteiger partial charge is 0.255 e. The number of para-hydroxylation sites is 1. The highest BCUT2D eigenvalue weighted by atomic mass is 35.5. The van der Waals surface area contributed by atoms with Crippen molar-refractivity contribution in [2.45, 2.75) is 18.5 Å². The van der Waals surface area contributed by atoms with Gasteiger partial charge in [-0.15, -0.1) is 0 Å². The van der Waals surface area contributed by atoms with Gasteiger partial charge in [0.25, 0.3) is 5.56 Å². The summed E-state index contributed by atoms with van der Waals surface area (Å²) in [6.45, 7) is 1.80. The number of thioether (sulfide) groups is 1. The maximum absolute atomic E-state index is 12.4. The van der Waals surface area contributed by atoms with Gasteiger partial charge in [0.2, 0.25) is 5.91 Å². The van der Waals surface area contributed by atoms with Gasteiger partial charge < -0.3 is 10.3 Å². The van der Waals surface area contributed by atoms with Crippen molar-refractivity contribution in [3.63, 3.8) is 0 Å². The second-order valence-corrected chi connectivity index (χ2v) is 7.34. The van der Waals surface area contributed by atoms with Crippen LogP contribution in [0.15, 0.2) is 64.5 Å². The van der Waals surface area contributed by atoms with E-state index in [1.807, 2.05) is 42.5 Å². The quantitative estimate of drug-likeness (QED) is 0.484. The Kier molecular flexibility index (Phi) is 6.32. The molecular weight excluding hydrogens is 382 g/mol. The first-order valence-electron chi connectivity index (χ1n) is 8.33. The van der Waals surface area contributed by atoms with Crippen LogP contribution < -0.4 is 10.9 Å². The zero-order chi connectivity index (χ0) is 19.2. The van der Waals surface area contributed by atoms with Crippen LogP contribution in [0, 0.1) is 6.92 Å². The van der Waals surface area contributed by atoms with E-state index in [2.05, 4.69) is 15.3 Å². The van der Waals surface area contributed by atoms with Crippen LogP contribution in [0.5, 0.6) is 0 Å². The minimum atomic E-state index is -0.191. The first-order valence-corrected chi connectivity index (χ1v) is 9.69. The molecule has 0 fully saturated rings. The van der Waals surface area contributed by atoms with Gasteiger partial charge in [-0.1, -0.05) is 53.7 Å². The zero-order valence-electron chi connectivity index (χ0n) is 14.7. The predicted octanol–water partition coefficient (Wildman–Crippen LogP) is 4.05. The number of nitrogens with zero attached hydrogens (tertiary/aromatic N) is 1. The molecule has 3 aromatic rings. The van der Waals surface area contributed by atoms with Gasteiger partial charge in [0.15, 0.2) is 5.16 Å². The normalized spacial score (nSPS) is 10.6. The summed E-state index contributed by atoms with van der Waals surface area (Å²) < 4.78 is 0. The van der Waals surface area contributed by atoms with Crippen LogP contribution in [-0.2, 0) is 11.2 Å². The maximum atomic E-state index is 12.4. The molecule has 0 aliphatic heterocycles. The summed E-state index contributed by atoms with van der Waals surface area (Å²) >= 11 is 7.09. The number of H-pyrrole nitrogens is 1. The maximum Gasteiger partial charge on any atom is 0.255 e. The van der Waals surface area contributed by atoms with E-state index in [4.69, 9.17) is 11.6 Å². The Labute approximate surface area is 166 Å². The summed E-state index contributed by atoms with van der Waals surface area (Å²) in [5, 5.41) is 3.89. The average Bonchev–Trinajstić information content (AvgIpc) is 2.65. The van der Waals surface area contributed by atoms with Crippen molar-refractivity contribution < 1.29 is 4.79 Å². The van der Waals surface area contributed by atoms with Gasteiger partial charge in [0, 0.05) is 28.4 Å². The molecule has 0 saturated heterocycles. The van der Waals surface area contributed by atoms with Crippen LogP contribution in [0.1, 0.15) is 16.8 Å². The van der Waals surface area contributed by atoms with E-state index >= 15 is 0 Å². The number of amides is 1. The number of aryl methyl sites for hydroxylation is 1. The van der Waals surface area contributed by atoms with E-state index in [1.165, 1.54) is 11.8 Å². The number of nitrogens with one attached hydrogen (secondary N) is 2. The lowest BCUT2D eigenvalue weighted by Crippen LogP contribution is -2.19. The summed E-state index contributed by atoms with van der Waals surface area (Å²) in [6.07, 6.45) is 0.477. The summed E-state index contributed by atoms with van der Waals surface area (Å²) in [5.41, 5.74) is 2.79. The summed E-state index contributed by atoms with van der Waals surface area (Å²) in [7, 11) is 0. The van der Waals surface area contributed by atoms with Crippen molar-refractivity contribution in [1.82, 2.24) is 9.97 Å². The molecule has 1 heterocycles. The Morgan fingerprint density at radius 1 is 1.15 bits per heavy atom. The summed E-state index contributed by atoms with van der Waals surface area (Å²) in [4.78, 5) is 31.6. The highest BCUT2D eigenvalue weighted by Crippen LogP contribution is 2.16. The summed E-state index contributed by atoms with van der Waals surface area (Å²) in [5.74, 6) is 0.00473. The fourth-order valence-corrected chi connectivity index (χ4v) is 3.35. The second-order valence-electron chi connectivity index (χ2n) is 5.94. The number of aromatic amines is 1. The summed E-state index contributed by atoms with van der Waals surface area (Å²) in [6, 6.07) is 16.6. The molecule has 1 amide bonds. The highest BCUT2D eigenvalue weighted by molar-refractivity contribution is 7.99. The lowest BCUT2D eigenvalue weighted by molar-refractivity contribution is -0.113. The third-order valence-corrected chi connectivity index (χ3v) is 5.02. The average molecular weight is 400 g/mol. The molecule has 138 valence electrons. The van der Waals surface area contributed by atoms with E-state index < -0.39 is 0 Å². The molecule has 0 atom stereocenters. The van der Waals surface area contributed by atoms with Crippen molar-refractivity contribution in [3.8, 4) is 0 Å². The van der Waals surface area contributed by atoms with Crippen LogP contribution in [0.3, 0.4) is 0 Å². The molecule has 27 heavy (non-hydrogen) atoms. The Hall–Kier alpha value is -2.57. The highest BCUT2D eigenvalue weighted by Gasteiger charge is 2.11. The van der Waals surface area contributed by atoms with E-state index in [0.717, 1.165) is 11.3 Å². The van der Waals surface area contributed by atoms with Crippen LogP contribution in [0.25, 0.3) is 0 Å². The van der Waals surface area contributed by atoms with Gasteiger partial charge in [-0.05, 0) is 36.8 Å². The Bertz CT molecular complexity index is 988. The molecule has 0 aliphatic rings. The lowest BCUT2D eigenvalue weighted by atomic mass is 10.1. The molecule has 0 unspecified atom stereocenters. The number of carbonyl (C=O) groups is 1. The van der Waals surface area contributed by atoms with Crippen molar-refractivity contribution in [1.29, 1.82) is 0 Å². The van der Waals surface area contributed by atoms with Crippen molar-refractivity contribution in [3.05, 3.63) is 86.8 Å². The third-order valence-electron chi connectivity index (χ3n) is 3.89. The largest absolute Gasteiger partial charge is 0.325 e. The first kappa shape index (κ1) is 19.2. The van der Waals surface area contributed by atoms with Crippen LogP contribution in [-0.4, -0.2) is 21.6 Å². The number of carbonyl (C=O) groups excluding carboxylic acids is 1. The third kappa shape index (κ3) is 5.45. The number of hydrogen-bond donors (Lipinski definition) is 2. The second kappa shape index (κ2) is 8.88. The fourth-order valence-electron chi connectivity index (χ4n) is 2.52. The zero-order valence-corrected chi connectivity index (χ0v) is 16.2. The van der Waals surface area contributed by atoms with Crippen LogP contribution in [0.2, 0.25) is 5.02 Å². The molecule has 0 saturated carbocycles. The van der Waals surface area contributed by atoms with E-state index in [9.17, 15) is 9.59 Å². The van der Waals surface area contributed by atoms with Crippen molar-refractivity contribution in [2.24, 2.45) is 0 Å². The minimum absolute atomic E-state index is 0.156. The number of aromatic nitrogens is 2. The molecule has 7 heteroatoms. The number of benzene rings is 2. The molecule has 1 aromatic heterocycles. The fraction of sp³-hybridized carbons (Fsp3) is 0.150. The number of halogens is 1. The van der Waals surface area contributed by atoms with E-state index in [0.29, 0.717) is 27.9 Å². The van der Waals surface area contributed by atoms with Gasteiger partial charge in [-0.2, -0.15) is 0 Å². The molecule has 0 radical (unpaired) electrons. The number of anilines is 1. The SMILES string of the molecule is Cc1nc(SCC(=O)Nc2ccccc2)[nH]c(=O)c1Cc1ccc(Cl)cc1.